The lowest BCUT2D eigenvalue weighted by Crippen LogP contribution is -2.39. The Morgan fingerprint density at radius 2 is 2.00 bits per heavy atom. The van der Waals surface area contributed by atoms with Gasteiger partial charge in [-0.25, -0.2) is 0 Å². The molecule has 2 unspecified atom stereocenters. The largest absolute Gasteiger partial charge is 0.493 e. The summed E-state index contributed by atoms with van der Waals surface area (Å²) in [6, 6.07) is 5.94. The number of ether oxygens (including phenoxy) is 4. The minimum atomic E-state index is 0.325. The molecule has 1 heterocycles. The zero-order valence-electron chi connectivity index (χ0n) is 13.1. The highest BCUT2D eigenvalue weighted by Crippen LogP contribution is 2.36. The van der Waals surface area contributed by atoms with Gasteiger partial charge < -0.3 is 24.3 Å². The molecule has 1 aliphatic heterocycles. The number of para-hydroxylation sites is 1. The van der Waals surface area contributed by atoms with Crippen molar-refractivity contribution >= 4 is 0 Å². The molecule has 1 aliphatic rings. The molecule has 1 aromatic carbocycles. The van der Waals surface area contributed by atoms with Crippen LogP contribution in [0.2, 0.25) is 0 Å². The van der Waals surface area contributed by atoms with E-state index >= 15 is 0 Å². The van der Waals surface area contributed by atoms with Crippen LogP contribution in [0, 0.1) is 0 Å². The lowest BCUT2D eigenvalue weighted by molar-refractivity contribution is 0.0823. The van der Waals surface area contributed by atoms with Crippen LogP contribution >= 0.6 is 0 Å². The Bertz CT molecular complexity index is 410. The third-order valence-electron chi connectivity index (χ3n) is 3.72. The molecule has 0 aliphatic carbocycles. The fourth-order valence-corrected chi connectivity index (χ4v) is 2.53. The van der Waals surface area contributed by atoms with Gasteiger partial charge in [-0.1, -0.05) is 6.07 Å². The van der Waals surface area contributed by atoms with Crippen LogP contribution in [0.4, 0.5) is 0 Å². The van der Waals surface area contributed by atoms with E-state index in [0.29, 0.717) is 36.0 Å². The molecule has 5 nitrogen and oxygen atoms in total. The summed E-state index contributed by atoms with van der Waals surface area (Å²) in [7, 11) is 3.25. The van der Waals surface area contributed by atoms with Gasteiger partial charge in [0.2, 0.25) is 5.75 Å². The lowest BCUT2D eigenvalue weighted by Gasteiger charge is -2.20. The molecule has 0 radical (unpaired) electrons. The van der Waals surface area contributed by atoms with E-state index in [9.17, 15) is 0 Å². The van der Waals surface area contributed by atoms with Gasteiger partial charge in [0.15, 0.2) is 11.5 Å². The predicted octanol–water partition coefficient (Wildman–Crippen LogP) is 2.24. The van der Waals surface area contributed by atoms with E-state index < -0.39 is 0 Å². The first-order chi connectivity index (χ1) is 10.3. The van der Waals surface area contributed by atoms with Crippen LogP contribution in [0.1, 0.15) is 19.8 Å². The molecule has 0 bridgehead atoms. The van der Waals surface area contributed by atoms with Crippen molar-refractivity contribution in [3.05, 3.63) is 18.2 Å². The highest BCUT2D eigenvalue weighted by Gasteiger charge is 2.21. The van der Waals surface area contributed by atoms with Gasteiger partial charge in [-0.15, -0.1) is 0 Å². The van der Waals surface area contributed by atoms with Crippen molar-refractivity contribution in [1.82, 2.24) is 5.32 Å². The minimum Gasteiger partial charge on any atom is -0.493 e. The summed E-state index contributed by atoms with van der Waals surface area (Å²) in [5, 5.41) is 3.44. The van der Waals surface area contributed by atoms with E-state index in [1.54, 1.807) is 14.2 Å². The summed E-state index contributed by atoms with van der Waals surface area (Å²) in [6.07, 6.45) is 2.62. The van der Waals surface area contributed by atoms with Crippen LogP contribution in [0.15, 0.2) is 18.2 Å². The van der Waals surface area contributed by atoms with E-state index in [1.807, 2.05) is 18.2 Å². The number of rotatable bonds is 8. The Hall–Kier alpha value is -1.46. The minimum absolute atomic E-state index is 0.325. The van der Waals surface area contributed by atoms with E-state index in [-0.39, 0.29) is 0 Å². The number of hydrogen-bond acceptors (Lipinski definition) is 5. The Balaban J connectivity index is 1.80. The molecule has 1 aromatic rings. The molecular formula is C16H25NO4. The van der Waals surface area contributed by atoms with E-state index in [4.69, 9.17) is 18.9 Å². The van der Waals surface area contributed by atoms with Crippen molar-refractivity contribution in [3.8, 4) is 17.2 Å². The maximum absolute atomic E-state index is 5.81. The molecule has 2 atom stereocenters. The molecule has 5 heteroatoms. The maximum Gasteiger partial charge on any atom is 0.203 e. The number of benzene rings is 1. The number of hydrogen-bond donors (Lipinski definition) is 1. The van der Waals surface area contributed by atoms with Gasteiger partial charge in [0.05, 0.1) is 20.3 Å². The highest BCUT2D eigenvalue weighted by molar-refractivity contribution is 5.51. The maximum atomic E-state index is 5.81. The molecule has 1 saturated heterocycles. The van der Waals surface area contributed by atoms with Crippen molar-refractivity contribution in [3.63, 3.8) is 0 Å². The molecule has 1 fully saturated rings. The summed E-state index contributed by atoms with van der Waals surface area (Å²) in [6.45, 7) is 4.33. The van der Waals surface area contributed by atoms with Crippen LogP contribution in [0.5, 0.6) is 17.2 Å². The van der Waals surface area contributed by atoms with Crippen LogP contribution in [0.3, 0.4) is 0 Å². The van der Waals surface area contributed by atoms with Crippen molar-refractivity contribution in [1.29, 1.82) is 0 Å². The first-order valence-electron chi connectivity index (χ1n) is 7.45. The van der Waals surface area contributed by atoms with Crippen LogP contribution < -0.4 is 19.5 Å². The molecule has 0 aromatic heterocycles. The van der Waals surface area contributed by atoms with Crippen LogP contribution in [-0.2, 0) is 4.74 Å². The molecular weight excluding hydrogens is 270 g/mol. The average Bonchev–Trinajstić information content (AvgIpc) is 3.05. The van der Waals surface area contributed by atoms with Crippen molar-refractivity contribution in [2.45, 2.75) is 31.9 Å². The van der Waals surface area contributed by atoms with Crippen molar-refractivity contribution < 1.29 is 18.9 Å². The summed E-state index contributed by atoms with van der Waals surface area (Å²) < 4.78 is 22.1. The Morgan fingerprint density at radius 3 is 2.57 bits per heavy atom. The third kappa shape index (κ3) is 4.25. The zero-order chi connectivity index (χ0) is 15.1. The number of nitrogens with one attached hydrogen (secondary N) is 1. The monoisotopic (exact) mass is 295 g/mol. The normalized spacial score (nSPS) is 19.3. The van der Waals surface area contributed by atoms with Gasteiger partial charge in [0.25, 0.3) is 0 Å². The van der Waals surface area contributed by atoms with Gasteiger partial charge in [0, 0.05) is 19.2 Å². The number of methoxy groups -OCH3 is 2. The summed E-state index contributed by atoms with van der Waals surface area (Å²) in [4.78, 5) is 0. The predicted molar refractivity (Wildman–Crippen MR) is 81.5 cm³/mol. The average molecular weight is 295 g/mol. The molecule has 1 N–H and O–H groups in total. The van der Waals surface area contributed by atoms with Crippen LogP contribution in [-0.4, -0.2) is 46.1 Å². The Kier molecular flexibility index (Phi) is 6.14. The van der Waals surface area contributed by atoms with Crippen molar-refractivity contribution in [2.75, 3.05) is 34.0 Å². The topological polar surface area (TPSA) is 49.0 Å². The summed E-state index contributed by atoms with van der Waals surface area (Å²) in [5.74, 6) is 2.01. The first-order valence-corrected chi connectivity index (χ1v) is 7.45. The van der Waals surface area contributed by atoms with E-state index in [2.05, 4.69) is 12.2 Å². The summed E-state index contributed by atoms with van der Waals surface area (Å²) >= 11 is 0. The second kappa shape index (κ2) is 8.10. The van der Waals surface area contributed by atoms with E-state index in [1.165, 1.54) is 0 Å². The quantitative estimate of drug-likeness (QED) is 0.745. The third-order valence-corrected chi connectivity index (χ3v) is 3.72. The molecule has 0 spiro atoms. The molecule has 2 rings (SSSR count). The second-order valence-electron chi connectivity index (χ2n) is 5.13. The van der Waals surface area contributed by atoms with Gasteiger partial charge in [-0.05, 0) is 31.9 Å². The van der Waals surface area contributed by atoms with Gasteiger partial charge >= 0.3 is 0 Å². The highest BCUT2D eigenvalue weighted by atomic mass is 16.5. The van der Waals surface area contributed by atoms with Gasteiger partial charge in [-0.2, -0.15) is 0 Å². The lowest BCUT2D eigenvalue weighted by atomic mass is 10.1. The van der Waals surface area contributed by atoms with Gasteiger partial charge in [-0.3, -0.25) is 0 Å². The van der Waals surface area contributed by atoms with E-state index in [0.717, 1.165) is 26.0 Å². The zero-order valence-corrected chi connectivity index (χ0v) is 13.1. The fraction of sp³-hybridized carbons (Fsp3) is 0.625. The molecule has 118 valence electrons. The Labute approximate surface area is 126 Å². The summed E-state index contributed by atoms with van der Waals surface area (Å²) in [5.41, 5.74) is 0. The SMILES string of the molecule is COc1cccc(OC)c1OCCNC(C)C1CCCO1. The van der Waals surface area contributed by atoms with Crippen LogP contribution in [0.25, 0.3) is 0 Å². The first kappa shape index (κ1) is 15.9. The Morgan fingerprint density at radius 1 is 1.29 bits per heavy atom. The standard InChI is InChI=1S/C16H25NO4/c1-12(13-8-5-10-20-13)17-9-11-21-16-14(18-2)6-4-7-15(16)19-3/h4,6-7,12-13,17H,5,8-11H2,1-3H3. The molecule has 0 amide bonds. The smallest absolute Gasteiger partial charge is 0.203 e. The van der Waals surface area contributed by atoms with Gasteiger partial charge in [0.1, 0.15) is 6.61 Å². The molecule has 0 saturated carbocycles. The fourth-order valence-electron chi connectivity index (χ4n) is 2.53. The second-order valence-corrected chi connectivity index (χ2v) is 5.13. The van der Waals surface area contributed by atoms with Crippen molar-refractivity contribution in [2.24, 2.45) is 0 Å². The molecule has 21 heavy (non-hydrogen) atoms.